The van der Waals surface area contributed by atoms with E-state index in [9.17, 15) is 4.79 Å². The molecule has 1 N–H and O–H groups in total. The van der Waals surface area contributed by atoms with Crippen LogP contribution in [0.2, 0.25) is 5.02 Å². The maximum atomic E-state index is 13.0. The minimum Gasteiger partial charge on any atom is -0.489 e. The molecule has 1 fully saturated rings. The summed E-state index contributed by atoms with van der Waals surface area (Å²) in [5, 5.41) is 3.83. The lowest BCUT2D eigenvalue weighted by atomic mass is 10.0. The topological polar surface area (TPSA) is 41.6 Å². The van der Waals surface area contributed by atoms with Gasteiger partial charge in [-0.2, -0.15) is 0 Å². The molecular weight excluding hydrogens is 360 g/mol. The average molecular weight is 389 g/mol. The molecule has 2 heterocycles. The number of allylic oxidation sites excluding steroid dienone is 2. The van der Waals surface area contributed by atoms with E-state index in [0.29, 0.717) is 22.4 Å². The first kappa shape index (κ1) is 18.7. The molecule has 1 aromatic rings. The van der Waals surface area contributed by atoms with Gasteiger partial charge in [0.15, 0.2) is 0 Å². The number of hydrogen-bond acceptors (Lipinski definition) is 3. The number of benzene rings is 1. The molecule has 0 bridgehead atoms. The van der Waals surface area contributed by atoms with Crippen LogP contribution < -0.4 is 10.1 Å². The third kappa shape index (κ3) is 3.82. The summed E-state index contributed by atoms with van der Waals surface area (Å²) in [4.78, 5) is 15.6. The van der Waals surface area contributed by atoms with Gasteiger partial charge in [0.2, 0.25) is 0 Å². The Morgan fingerprint density at radius 1 is 1.33 bits per heavy atom. The second-order valence-corrected chi connectivity index (χ2v) is 8.62. The van der Waals surface area contributed by atoms with Gasteiger partial charge in [0.1, 0.15) is 11.9 Å². The van der Waals surface area contributed by atoms with Gasteiger partial charge in [-0.25, -0.2) is 0 Å². The predicted octanol–water partition coefficient (Wildman–Crippen LogP) is 4.70. The molecule has 4 nitrogen and oxygen atoms in total. The molecule has 3 aliphatic rings. The number of halogens is 1. The fourth-order valence-corrected chi connectivity index (χ4v) is 5.03. The first-order valence-corrected chi connectivity index (χ1v) is 10.7. The highest BCUT2D eigenvalue weighted by Gasteiger charge is 2.33. The predicted molar refractivity (Wildman–Crippen MR) is 108 cm³/mol. The van der Waals surface area contributed by atoms with Gasteiger partial charge in [0.05, 0.1) is 5.56 Å². The van der Waals surface area contributed by atoms with Crippen molar-refractivity contribution in [1.82, 2.24) is 10.2 Å². The largest absolute Gasteiger partial charge is 0.489 e. The Morgan fingerprint density at radius 3 is 2.96 bits per heavy atom. The van der Waals surface area contributed by atoms with Crippen LogP contribution in [0.1, 0.15) is 68.3 Å². The summed E-state index contributed by atoms with van der Waals surface area (Å²) >= 11 is 6.26. The standard InChI is InChI=1S/C22H29ClN2O2/c1-14-11-16-12-17(23)13-19(21(16)27-14)22(26)24-15(2)20-9-6-10-25(20)18-7-4-3-5-8-18/h7,12-15,20H,3-6,8-11H2,1-2H3,(H,24,26). The van der Waals surface area contributed by atoms with Crippen molar-refractivity contribution in [2.24, 2.45) is 0 Å². The fourth-order valence-electron chi connectivity index (χ4n) is 4.79. The Kier molecular flexibility index (Phi) is 5.36. The Morgan fingerprint density at radius 2 is 2.19 bits per heavy atom. The molecule has 4 rings (SSSR count). The molecule has 3 atom stereocenters. The number of nitrogens with one attached hydrogen (secondary N) is 1. The second kappa shape index (κ2) is 7.75. The molecule has 3 unspecified atom stereocenters. The fraction of sp³-hybridized carbons (Fsp3) is 0.591. The monoisotopic (exact) mass is 388 g/mol. The lowest BCUT2D eigenvalue weighted by Gasteiger charge is -2.35. The molecule has 1 aromatic carbocycles. The van der Waals surface area contributed by atoms with E-state index in [2.05, 4.69) is 23.2 Å². The molecule has 2 aliphatic heterocycles. The number of fused-ring (bicyclic) bond motifs is 1. The minimum absolute atomic E-state index is 0.0799. The highest BCUT2D eigenvalue weighted by atomic mass is 35.5. The Bertz CT molecular complexity index is 761. The Labute approximate surface area is 166 Å². The lowest BCUT2D eigenvalue weighted by Crippen LogP contribution is -2.47. The number of nitrogens with zero attached hydrogens (tertiary/aromatic N) is 1. The van der Waals surface area contributed by atoms with Crippen molar-refractivity contribution < 1.29 is 9.53 Å². The minimum atomic E-state index is -0.0835. The Hall–Kier alpha value is -1.68. The molecule has 5 heteroatoms. The molecule has 0 aromatic heterocycles. The molecule has 27 heavy (non-hydrogen) atoms. The van der Waals surface area contributed by atoms with Crippen LogP contribution >= 0.6 is 11.6 Å². The van der Waals surface area contributed by atoms with Crippen LogP contribution in [0.4, 0.5) is 0 Å². The summed E-state index contributed by atoms with van der Waals surface area (Å²) in [5.41, 5.74) is 3.07. The van der Waals surface area contributed by atoms with Gasteiger partial charge >= 0.3 is 0 Å². The third-order valence-corrected chi connectivity index (χ3v) is 6.29. The molecule has 0 saturated carbocycles. The molecule has 146 valence electrons. The smallest absolute Gasteiger partial charge is 0.255 e. The Balaban J connectivity index is 1.49. The number of amides is 1. The number of ether oxygens (including phenoxy) is 1. The van der Waals surface area contributed by atoms with Crippen LogP contribution in [0.15, 0.2) is 23.9 Å². The maximum Gasteiger partial charge on any atom is 0.255 e. The number of likely N-dealkylation sites (tertiary alicyclic amines) is 1. The third-order valence-electron chi connectivity index (χ3n) is 6.07. The first-order chi connectivity index (χ1) is 13.0. The van der Waals surface area contributed by atoms with E-state index in [1.165, 1.54) is 37.8 Å². The summed E-state index contributed by atoms with van der Waals surface area (Å²) in [6.07, 6.45) is 10.5. The van der Waals surface area contributed by atoms with Crippen molar-refractivity contribution >= 4 is 17.5 Å². The quantitative estimate of drug-likeness (QED) is 0.812. The number of rotatable bonds is 4. The van der Waals surface area contributed by atoms with Crippen molar-refractivity contribution in [3.8, 4) is 5.75 Å². The zero-order chi connectivity index (χ0) is 19.0. The van der Waals surface area contributed by atoms with Crippen molar-refractivity contribution in [2.75, 3.05) is 6.54 Å². The van der Waals surface area contributed by atoms with Crippen LogP contribution in [-0.2, 0) is 6.42 Å². The van der Waals surface area contributed by atoms with Gasteiger partial charge in [-0.1, -0.05) is 17.7 Å². The first-order valence-electron chi connectivity index (χ1n) is 10.3. The van der Waals surface area contributed by atoms with Gasteiger partial charge in [0, 0.05) is 41.3 Å². The summed E-state index contributed by atoms with van der Waals surface area (Å²) in [7, 11) is 0. The maximum absolute atomic E-state index is 13.0. The van der Waals surface area contributed by atoms with E-state index < -0.39 is 0 Å². The molecule has 1 saturated heterocycles. The zero-order valence-electron chi connectivity index (χ0n) is 16.3. The van der Waals surface area contributed by atoms with Crippen LogP contribution in [0.5, 0.6) is 5.75 Å². The van der Waals surface area contributed by atoms with Gasteiger partial charge in [-0.3, -0.25) is 4.79 Å². The molecular formula is C22H29ClN2O2. The van der Waals surface area contributed by atoms with Gasteiger partial charge < -0.3 is 15.0 Å². The zero-order valence-corrected chi connectivity index (χ0v) is 17.0. The molecule has 0 spiro atoms. The second-order valence-electron chi connectivity index (χ2n) is 8.18. The SMILES string of the molecule is CC1Cc2cc(Cl)cc(C(=O)NC(C)C3CCCN3C3=CCCCC3)c2O1. The van der Waals surface area contributed by atoms with Crippen LogP contribution in [-0.4, -0.2) is 35.5 Å². The van der Waals surface area contributed by atoms with Gasteiger partial charge in [-0.05, 0) is 64.5 Å². The molecule has 1 amide bonds. The van der Waals surface area contributed by atoms with E-state index in [0.717, 1.165) is 24.9 Å². The summed E-state index contributed by atoms with van der Waals surface area (Å²) < 4.78 is 5.90. The van der Waals surface area contributed by atoms with E-state index in [4.69, 9.17) is 16.3 Å². The molecule has 0 radical (unpaired) electrons. The van der Waals surface area contributed by atoms with Gasteiger partial charge in [0.25, 0.3) is 5.91 Å². The van der Waals surface area contributed by atoms with E-state index in [1.54, 1.807) is 6.07 Å². The van der Waals surface area contributed by atoms with Crippen molar-refractivity contribution in [2.45, 2.75) is 77.0 Å². The molecule has 1 aliphatic carbocycles. The van der Waals surface area contributed by atoms with E-state index in [1.807, 2.05) is 13.0 Å². The van der Waals surface area contributed by atoms with Crippen LogP contribution in [0, 0.1) is 0 Å². The number of carbonyl (C=O) groups is 1. The number of carbonyl (C=O) groups excluding carboxylic acids is 1. The normalized spacial score (nSPS) is 25.6. The van der Waals surface area contributed by atoms with Crippen molar-refractivity contribution in [1.29, 1.82) is 0 Å². The highest BCUT2D eigenvalue weighted by Crippen LogP contribution is 2.36. The van der Waals surface area contributed by atoms with Crippen LogP contribution in [0.3, 0.4) is 0 Å². The van der Waals surface area contributed by atoms with Crippen molar-refractivity contribution in [3.63, 3.8) is 0 Å². The van der Waals surface area contributed by atoms with Crippen molar-refractivity contribution in [3.05, 3.63) is 40.1 Å². The summed E-state index contributed by atoms with van der Waals surface area (Å²) in [6.45, 7) is 5.24. The highest BCUT2D eigenvalue weighted by molar-refractivity contribution is 6.31. The summed E-state index contributed by atoms with van der Waals surface area (Å²) in [6, 6.07) is 4.09. The van der Waals surface area contributed by atoms with Crippen LogP contribution in [0.25, 0.3) is 0 Å². The number of hydrogen-bond donors (Lipinski definition) is 1. The van der Waals surface area contributed by atoms with Gasteiger partial charge in [-0.15, -0.1) is 0 Å². The van der Waals surface area contributed by atoms with E-state index >= 15 is 0 Å². The summed E-state index contributed by atoms with van der Waals surface area (Å²) in [5.74, 6) is 0.620. The average Bonchev–Trinajstić information content (AvgIpc) is 3.27. The van der Waals surface area contributed by atoms with E-state index in [-0.39, 0.29) is 18.1 Å². The lowest BCUT2D eigenvalue weighted by molar-refractivity contribution is 0.0915.